The van der Waals surface area contributed by atoms with Crippen molar-refractivity contribution >= 4 is 26.1 Å². The Hall–Kier alpha value is -3.39. The molecule has 0 aliphatic rings. The summed E-state index contributed by atoms with van der Waals surface area (Å²) in [5.41, 5.74) is 2.17. The van der Waals surface area contributed by atoms with Crippen LogP contribution in [0.2, 0.25) is 0 Å². The number of aliphatic hydroxyl groups is 1. The van der Waals surface area contributed by atoms with E-state index in [4.69, 9.17) is 43.4 Å². The van der Waals surface area contributed by atoms with Crippen molar-refractivity contribution in [2.75, 3.05) is 40.5 Å². The topological polar surface area (TPSA) is 252 Å². The molecule has 1 rings (SSSR count). The SMILES string of the molecule is CO[C@](CF)(COP(=O)(OCOC(=O)OC(C)C)OCOC(=O)OC(C)C)[C@H](C)OC(=O)CN.O=c1ccn(CO)c(=O)[nH]1. The van der Waals surface area contributed by atoms with Crippen LogP contribution in [0.3, 0.4) is 0 Å². The summed E-state index contributed by atoms with van der Waals surface area (Å²) >= 11 is 0. The molecule has 1 aromatic heterocycles. The van der Waals surface area contributed by atoms with Crippen LogP contribution in [0.15, 0.2) is 21.9 Å². The number of nitrogens with two attached hydrogens (primary N) is 1. The predicted molar refractivity (Wildman–Crippen MR) is 145 cm³/mol. The van der Waals surface area contributed by atoms with Gasteiger partial charge in [0, 0.05) is 19.4 Å². The second-order valence-electron chi connectivity index (χ2n) is 8.80. The van der Waals surface area contributed by atoms with Crippen LogP contribution in [0.25, 0.3) is 0 Å². The third-order valence-corrected chi connectivity index (χ3v) is 6.09. The van der Waals surface area contributed by atoms with E-state index in [1.54, 1.807) is 27.7 Å². The molecule has 1 heterocycles. The van der Waals surface area contributed by atoms with Crippen molar-refractivity contribution in [3.05, 3.63) is 33.1 Å². The molecule has 0 unspecified atom stereocenters. The smallest absolute Gasteiger partial charge is 0.458 e. The molecule has 0 amide bonds. The largest absolute Gasteiger partial charge is 0.510 e. The van der Waals surface area contributed by atoms with Gasteiger partial charge in [0.2, 0.25) is 13.6 Å². The summed E-state index contributed by atoms with van der Waals surface area (Å²) in [6, 6.07) is 1.16. The Kier molecular flexibility index (Phi) is 19.0. The van der Waals surface area contributed by atoms with Crippen LogP contribution in [0, 0.1) is 0 Å². The van der Waals surface area contributed by atoms with E-state index < -0.39 is 101 Å². The second kappa shape index (κ2) is 20.5. The first-order valence-corrected chi connectivity index (χ1v) is 14.1. The number of carbonyl (C=O) groups is 3. The third-order valence-electron chi connectivity index (χ3n) is 4.80. The quantitative estimate of drug-likeness (QED) is 0.0906. The minimum atomic E-state index is -4.68. The van der Waals surface area contributed by atoms with Gasteiger partial charge in [-0.2, -0.15) is 0 Å². The monoisotopic (exact) mass is 663 g/mol. The average molecular weight is 664 g/mol. The van der Waals surface area contributed by atoms with Crippen LogP contribution >= 0.6 is 7.82 Å². The summed E-state index contributed by atoms with van der Waals surface area (Å²) in [6.07, 6.45) is -3.32. The molecule has 0 spiro atoms. The number of nitrogens with zero attached hydrogens (tertiary/aromatic N) is 1. The minimum Gasteiger partial charge on any atom is -0.458 e. The van der Waals surface area contributed by atoms with Crippen molar-refractivity contribution < 1.29 is 70.4 Å². The Labute approximate surface area is 251 Å². The highest BCUT2D eigenvalue weighted by Gasteiger charge is 2.43. The van der Waals surface area contributed by atoms with E-state index in [2.05, 4.69) is 9.47 Å². The van der Waals surface area contributed by atoms with E-state index in [0.29, 0.717) is 0 Å². The number of esters is 1. The highest BCUT2D eigenvalue weighted by molar-refractivity contribution is 7.48. The van der Waals surface area contributed by atoms with E-state index in [0.717, 1.165) is 17.7 Å². The fraction of sp³-hybridized carbons (Fsp3) is 0.696. The van der Waals surface area contributed by atoms with Gasteiger partial charge in [-0.15, -0.1) is 0 Å². The number of alkyl halides is 1. The van der Waals surface area contributed by atoms with Crippen LogP contribution in [0.1, 0.15) is 34.6 Å². The molecule has 1 aromatic rings. The van der Waals surface area contributed by atoms with Crippen LogP contribution in [-0.2, 0) is 58.1 Å². The number of carbonyl (C=O) groups excluding carboxylic acids is 3. The van der Waals surface area contributed by atoms with Crippen LogP contribution < -0.4 is 17.0 Å². The number of hydrogen-bond acceptors (Lipinski definition) is 17. The summed E-state index contributed by atoms with van der Waals surface area (Å²) in [5.74, 6) is -0.854. The van der Waals surface area contributed by atoms with Gasteiger partial charge in [0.1, 0.15) is 19.5 Å². The number of ether oxygens (including phenoxy) is 6. The number of nitrogens with one attached hydrogen (secondary N) is 1. The first kappa shape index (κ1) is 40.6. The number of phosphoric ester groups is 1. The molecule has 44 heavy (non-hydrogen) atoms. The molecule has 0 aromatic carbocycles. The Morgan fingerprint density at radius 2 is 1.52 bits per heavy atom. The van der Waals surface area contributed by atoms with Gasteiger partial charge in [0.15, 0.2) is 5.60 Å². The molecule has 0 aliphatic heterocycles. The zero-order chi connectivity index (χ0) is 33.9. The van der Waals surface area contributed by atoms with Crippen LogP contribution in [-0.4, -0.2) is 97.4 Å². The van der Waals surface area contributed by atoms with Gasteiger partial charge in [-0.05, 0) is 34.6 Å². The number of rotatable bonds is 17. The van der Waals surface area contributed by atoms with E-state index in [9.17, 15) is 32.9 Å². The lowest BCUT2D eigenvalue weighted by atomic mass is 10.0. The number of aromatic nitrogens is 2. The third kappa shape index (κ3) is 15.9. The number of methoxy groups -OCH3 is 1. The number of halogens is 1. The predicted octanol–water partition coefficient (Wildman–Crippen LogP) is 0.914. The Balaban J connectivity index is 0.00000155. The zero-order valence-corrected chi connectivity index (χ0v) is 25.9. The molecule has 19 nitrogen and oxygen atoms in total. The molecule has 0 aliphatic carbocycles. The van der Waals surface area contributed by atoms with Crippen molar-refractivity contribution in [3.8, 4) is 0 Å². The highest BCUT2D eigenvalue weighted by atomic mass is 31.2. The van der Waals surface area contributed by atoms with Gasteiger partial charge in [-0.3, -0.25) is 23.7 Å². The number of hydrogen-bond donors (Lipinski definition) is 3. The van der Waals surface area contributed by atoms with E-state index in [1.165, 1.54) is 13.1 Å². The van der Waals surface area contributed by atoms with Gasteiger partial charge < -0.3 is 39.3 Å². The molecular weight excluding hydrogens is 624 g/mol. The lowest BCUT2D eigenvalue weighted by molar-refractivity contribution is -0.175. The maximum absolute atomic E-state index is 13.9. The highest BCUT2D eigenvalue weighted by Crippen LogP contribution is 2.50. The van der Waals surface area contributed by atoms with Crippen molar-refractivity contribution in [1.82, 2.24) is 9.55 Å². The lowest BCUT2D eigenvalue weighted by Gasteiger charge is -2.35. The summed E-state index contributed by atoms with van der Waals surface area (Å²) in [7, 11) is -3.59. The Bertz CT molecular complexity index is 1150. The van der Waals surface area contributed by atoms with Crippen LogP contribution in [0.4, 0.5) is 14.0 Å². The summed E-state index contributed by atoms with van der Waals surface area (Å²) in [4.78, 5) is 57.4. The van der Waals surface area contributed by atoms with Crippen molar-refractivity contribution in [2.45, 2.75) is 65.3 Å². The van der Waals surface area contributed by atoms with E-state index >= 15 is 0 Å². The summed E-state index contributed by atoms with van der Waals surface area (Å²) in [6.45, 7) is 2.63. The fourth-order valence-electron chi connectivity index (χ4n) is 2.48. The van der Waals surface area contributed by atoms with Gasteiger partial charge in [-0.1, -0.05) is 0 Å². The van der Waals surface area contributed by atoms with Crippen molar-refractivity contribution in [2.24, 2.45) is 5.73 Å². The summed E-state index contributed by atoms with van der Waals surface area (Å²) in [5, 5.41) is 8.45. The number of aliphatic hydroxyl groups excluding tert-OH is 1. The number of H-pyrrole nitrogens is 1. The van der Waals surface area contributed by atoms with Gasteiger partial charge in [0.05, 0.1) is 25.4 Å². The molecule has 0 saturated carbocycles. The molecule has 4 N–H and O–H groups in total. The fourth-order valence-corrected chi connectivity index (χ4v) is 3.45. The van der Waals surface area contributed by atoms with Gasteiger partial charge >= 0.3 is 31.8 Å². The molecule has 254 valence electrons. The van der Waals surface area contributed by atoms with Crippen molar-refractivity contribution in [1.29, 1.82) is 0 Å². The lowest BCUT2D eigenvalue weighted by Crippen LogP contribution is -2.51. The minimum absolute atomic E-state index is 0.421. The molecule has 0 fully saturated rings. The molecular formula is C23H39FN3O16P. The first-order chi connectivity index (χ1) is 20.6. The average Bonchev–Trinajstić information content (AvgIpc) is 2.93. The maximum atomic E-state index is 13.9. The van der Waals surface area contributed by atoms with Crippen molar-refractivity contribution in [3.63, 3.8) is 0 Å². The van der Waals surface area contributed by atoms with Gasteiger partial charge in [-0.25, -0.2) is 32.4 Å². The maximum Gasteiger partial charge on any atom is 0.510 e. The molecule has 0 saturated heterocycles. The summed E-state index contributed by atoms with van der Waals surface area (Å²) < 4.78 is 71.3. The number of phosphoric acid groups is 1. The first-order valence-electron chi connectivity index (χ1n) is 12.7. The Morgan fingerprint density at radius 3 is 1.91 bits per heavy atom. The number of aromatic amines is 1. The zero-order valence-electron chi connectivity index (χ0n) is 25.1. The van der Waals surface area contributed by atoms with Crippen LogP contribution in [0.5, 0.6) is 0 Å². The Morgan fingerprint density at radius 1 is 1.00 bits per heavy atom. The molecule has 21 heteroatoms. The van der Waals surface area contributed by atoms with E-state index in [-0.39, 0.29) is 0 Å². The standard InChI is InChI=1S/C18H33FNO13P.C5H6N2O3/c1-12(2)31-16(22)26-10-29-34(24,30-11-27-17(23)32-13(3)4)28-9-18(8-19,25-6)14(5)33-15(21)7-20;8-3-7-2-1-4(9)6-5(7)10/h12-14H,7-11,20H2,1-6H3;1-2,8H,3H2,(H,6,9,10)/t14-,18+;/m0./s1. The van der Waals surface area contributed by atoms with E-state index in [1.807, 2.05) is 4.98 Å². The second-order valence-corrected chi connectivity index (χ2v) is 10.5. The molecule has 0 radical (unpaired) electrons. The molecule has 2 atom stereocenters. The normalized spacial score (nSPS) is 13.2. The van der Waals surface area contributed by atoms with Gasteiger partial charge in [0.25, 0.3) is 5.56 Å². The molecule has 0 bridgehead atoms.